The number of hydrogen-bond acceptors (Lipinski definition) is 3. The van der Waals surface area contributed by atoms with Gasteiger partial charge in [0.1, 0.15) is 0 Å². The van der Waals surface area contributed by atoms with E-state index in [0.717, 1.165) is 17.7 Å². The highest BCUT2D eigenvalue weighted by Gasteiger charge is 2.11. The molecule has 0 radical (unpaired) electrons. The fourth-order valence-electron chi connectivity index (χ4n) is 2.31. The summed E-state index contributed by atoms with van der Waals surface area (Å²) in [6.45, 7) is 1.19. The quantitative estimate of drug-likeness (QED) is 0.891. The van der Waals surface area contributed by atoms with Crippen molar-refractivity contribution in [2.75, 3.05) is 21.2 Å². The van der Waals surface area contributed by atoms with E-state index in [1.54, 1.807) is 6.07 Å². The van der Waals surface area contributed by atoms with Crippen LogP contribution in [0.25, 0.3) is 0 Å². The van der Waals surface area contributed by atoms with Gasteiger partial charge in [-0.15, -0.1) is 0 Å². The lowest BCUT2D eigenvalue weighted by Gasteiger charge is -2.14. The molecule has 2 aromatic rings. The van der Waals surface area contributed by atoms with Crippen LogP contribution in [0, 0.1) is 5.82 Å². The van der Waals surface area contributed by atoms with Gasteiger partial charge in [-0.1, -0.05) is 24.3 Å². The van der Waals surface area contributed by atoms with Crippen LogP contribution in [-0.2, 0) is 13.1 Å². The molecule has 0 fully saturated rings. The molecule has 0 saturated heterocycles. The molecule has 2 rings (SSSR count). The number of ether oxygens (including phenoxy) is 1. The molecule has 0 spiro atoms. The molecular weight excluding hydrogens is 295 g/mol. The van der Waals surface area contributed by atoms with Crippen molar-refractivity contribution in [3.63, 3.8) is 0 Å². The number of hydrogen-bond donors (Lipinski definition) is 1. The second-order valence-electron chi connectivity index (χ2n) is 5.54. The van der Waals surface area contributed by atoms with E-state index in [2.05, 4.69) is 10.2 Å². The third kappa shape index (κ3) is 4.53. The van der Waals surface area contributed by atoms with Crippen molar-refractivity contribution in [3.05, 3.63) is 65.0 Å². The molecule has 0 unspecified atom stereocenters. The van der Waals surface area contributed by atoms with Gasteiger partial charge in [-0.3, -0.25) is 4.79 Å². The number of halogens is 1. The Hall–Kier alpha value is -2.40. The number of nitrogens with zero attached hydrogens (tertiary/aromatic N) is 1. The summed E-state index contributed by atoms with van der Waals surface area (Å²) in [6.07, 6.45) is 0. The molecule has 1 amide bonds. The van der Waals surface area contributed by atoms with E-state index in [0.29, 0.717) is 6.54 Å². The van der Waals surface area contributed by atoms with Crippen LogP contribution in [0.1, 0.15) is 21.5 Å². The fraction of sp³-hybridized carbons (Fsp3) is 0.278. The van der Waals surface area contributed by atoms with E-state index in [-0.39, 0.29) is 17.2 Å². The Bertz CT molecular complexity index is 686. The van der Waals surface area contributed by atoms with Gasteiger partial charge in [0.2, 0.25) is 0 Å². The number of methoxy groups -OCH3 is 1. The molecule has 0 aliphatic carbocycles. The number of amides is 1. The summed E-state index contributed by atoms with van der Waals surface area (Å²) in [6, 6.07) is 12.1. The van der Waals surface area contributed by atoms with Gasteiger partial charge in [0, 0.05) is 18.7 Å². The van der Waals surface area contributed by atoms with E-state index < -0.39 is 5.82 Å². The first-order valence-electron chi connectivity index (χ1n) is 7.34. The molecule has 0 aliphatic rings. The van der Waals surface area contributed by atoms with Gasteiger partial charge in [-0.25, -0.2) is 4.39 Å². The summed E-state index contributed by atoms with van der Waals surface area (Å²) < 4.78 is 18.5. The first-order chi connectivity index (χ1) is 11.0. The second kappa shape index (κ2) is 7.74. The van der Waals surface area contributed by atoms with Crippen LogP contribution in [0.2, 0.25) is 0 Å². The van der Waals surface area contributed by atoms with Crippen molar-refractivity contribution in [3.8, 4) is 5.75 Å². The maximum Gasteiger partial charge on any atom is 0.251 e. The molecule has 122 valence electrons. The molecule has 23 heavy (non-hydrogen) atoms. The van der Waals surface area contributed by atoms with E-state index in [1.807, 2.05) is 38.4 Å². The smallest absolute Gasteiger partial charge is 0.251 e. The number of carbonyl (C=O) groups is 1. The molecular formula is C18H21FN2O2. The largest absolute Gasteiger partial charge is 0.494 e. The molecule has 0 aliphatic heterocycles. The highest BCUT2D eigenvalue weighted by Crippen LogP contribution is 2.18. The predicted octanol–water partition coefficient (Wildman–Crippen LogP) is 2.83. The van der Waals surface area contributed by atoms with E-state index in [4.69, 9.17) is 4.74 Å². The van der Waals surface area contributed by atoms with Crippen LogP contribution in [-0.4, -0.2) is 32.0 Å². The second-order valence-corrected chi connectivity index (χ2v) is 5.54. The van der Waals surface area contributed by atoms with Crippen LogP contribution < -0.4 is 10.1 Å². The van der Waals surface area contributed by atoms with Gasteiger partial charge in [0.05, 0.1) is 7.11 Å². The molecule has 0 bridgehead atoms. The Morgan fingerprint density at radius 3 is 2.48 bits per heavy atom. The third-order valence-corrected chi connectivity index (χ3v) is 3.46. The van der Waals surface area contributed by atoms with Crippen molar-refractivity contribution < 1.29 is 13.9 Å². The molecule has 2 aromatic carbocycles. The predicted molar refractivity (Wildman–Crippen MR) is 88.0 cm³/mol. The average Bonchev–Trinajstić information content (AvgIpc) is 2.53. The fourth-order valence-corrected chi connectivity index (χ4v) is 2.31. The zero-order valence-corrected chi connectivity index (χ0v) is 13.6. The summed E-state index contributed by atoms with van der Waals surface area (Å²) >= 11 is 0. The van der Waals surface area contributed by atoms with E-state index in [9.17, 15) is 9.18 Å². The Labute approximate surface area is 135 Å². The molecule has 1 N–H and O–H groups in total. The first kappa shape index (κ1) is 17.0. The maximum absolute atomic E-state index is 13.7. The van der Waals surface area contributed by atoms with Gasteiger partial charge >= 0.3 is 0 Å². The number of benzene rings is 2. The van der Waals surface area contributed by atoms with Gasteiger partial charge < -0.3 is 15.0 Å². The Kier molecular flexibility index (Phi) is 5.71. The van der Waals surface area contributed by atoms with Gasteiger partial charge in [0.25, 0.3) is 5.91 Å². The van der Waals surface area contributed by atoms with Crippen molar-refractivity contribution >= 4 is 5.91 Å². The molecule has 0 heterocycles. The van der Waals surface area contributed by atoms with E-state index >= 15 is 0 Å². The normalized spacial score (nSPS) is 10.7. The van der Waals surface area contributed by atoms with Crippen LogP contribution in [0.3, 0.4) is 0 Å². The van der Waals surface area contributed by atoms with Crippen LogP contribution in [0.15, 0.2) is 42.5 Å². The Balaban J connectivity index is 2.06. The van der Waals surface area contributed by atoms with E-state index in [1.165, 1.54) is 19.2 Å². The maximum atomic E-state index is 13.7. The SMILES string of the molecule is COc1ccc(C(=O)NCc2ccccc2CN(C)C)cc1F. The lowest BCUT2D eigenvalue weighted by Crippen LogP contribution is -2.24. The number of rotatable bonds is 6. The van der Waals surface area contributed by atoms with Crippen molar-refractivity contribution in [2.45, 2.75) is 13.1 Å². The first-order valence-corrected chi connectivity index (χ1v) is 7.34. The van der Waals surface area contributed by atoms with Crippen molar-refractivity contribution in [1.29, 1.82) is 0 Å². The van der Waals surface area contributed by atoms with Crippen LogP contribution >= 0.6 is 0 Å². The average molecular weight is 316 g/mol. The standard InChI is InChI=1S/C18H21FN2O2/c1-21(2)12-15-7-5-4-6-14(15)11-20-18(22)13-8-9-17(23-3)16(19)10-13/h4-10H,11-12H2,1-3H3,(H,20,22). The van der Waals surface area contributed by atoms with Crippen LogP contribution in [0.4, 0.5) is 4.39 Å². The summed E-state index contributed by atoms with van der Waals surface area (Å²) in [4.78, 5) is 14.2. The summed E-state index contributed by atoms with van der Waals surface area (Å²) in [5.41, 5.74) is 2.47. The summed E-state index contributed by atoms with van der Waals surface area (Å²) in [5.74, 6) is -0.739. The molecule has 5 heteroatoms. The minimum atomic E-state index is -0.548. The number of carbonyl (C=O) groups excluding carboxylic acids is 1. The highest BCUT2D eigenvalue weighted by atomic mass is 19.1. The monoisotopic (exact) mass is 316 g/mol. The summed E-state index contributed by atoms with van der Waals surface area (Å²) in [7, 11) is 5.38. The van der Waals surface area contributed by atoms with Gasteiger partial charge in [0.15, 0.2) is 11.6 Å². The topological polar surface area (TPSA) is 41.6 Å². The zero-order chi connectivity index (χ0) is 16.8. The molecule has 0 saturated carbocycles. The van der Waals surface area contributed by atoms with Crippen molar-refractivity contribution in [1.82, 2.24) is 10.2 Å². The highest BCUT2D eigenvalue weighted by molar-refractivity contribution is 5.94. The zero-order valence-electron chi connectivity index (χ0n) is 13.6. The third-order valence-electron chi connectivity index (χ3n) is 3.46. The molecule has 0 aromatic heterocycles. The van der Waals surface area contributed by atoms with Gasteiger partial charge in [-0.05, 0) is 43.4 Å². The van der Waals surface area contributed by atoms with Crippen molar-refractivity contribution in [2.24, 2.45) is 0 Å². The van der Waals surface area contributed by atoms with Gasteiger partial charge in [-0.2, -0.15) is 0 Å². The minimum absolute atomic E-state index is 0.123. The molecule has 4 nitrogen and oxygen atoms in total. The molecule has 0 atom stereocenters. The number of nitrogens with one attached hydrogen (secondary N) is 1. The lowest BCUT2D eigenvalue weighted by molar-refractivity contribution is 0.0950. The Morgan fingerprint density at radius 1 is 1.17 bits per heavy atom. The summed E-state index contributed by atoms with van der Waals surface area (Å²) in [5, 5.41) is 2.83. The minimum Gasteiger partial charge on any atom is -0.494 e. The Morgan fingerprint density at radius 2 is 1.87 bits per heavy atom. The lowest BCUT2D eigenvalue weighted by atomic mass is 10.1. The van der Waals surface area contributed by atoms with Crippen LogP contribution in [0.5, 0.6) is 5.75 Å².